The molecule has 8 aromatic heterocycles. The molecule has 0 aliphatic rings. The van der Waals surface area contributed by atoms with E-state index in [1.54, 1.807) is 79.7 Å². The van der Waals surface area contributed by atoms with Crippen LogP contribution in [0.2, 0.25) is 0 Å². The number of aromatic nitrogens is 12. The summed E-state index contributed by atoms with van der Waals surface area (Å²) in [7, 11) is 0. The third-order valence-corrected chi connectivity index (χ3v) is 18.9. The van der Waals surface area contributed by atoms with E-state index in [0.29, 0.717) is 116 Å². The van der Waals surface area contributed by atoms with Crippen LogP contribution in [-0.4, -0.2) is 231 Å². The number of fused-ring (bicyclic) bond motifs is 12. The summed E-state index contributed by atoms with van der Waals surface area (Å²) in [5.74, 6) is 2.41. The maximum absolute atomic E-state index is 13.9. The van der Waals surface area contributed by atoms with Crippen molar-refractivity contribution in [3.8, 4) is 0 Å². The van der Waals surface area contributed by atoms with Crippen LogP contribution in [0.15, 0.2) is 97.1 Å². The van der Waals surface area contributed by atoms with E-state index in [1.807, 2.05) is 119 Å². The number of para-hydroxylation sites is 4. The Morgan fingerprint density at radius 3 is 0.711 bits per heavy atom. The van der Waals surface area contributed by atoms with Crippen LogP contribution in [0.25, 0.3) is 87.7 Å². The standard InChI is InChI=1S/C85H108N16O20/c1-13-110-41-61-90-65-69(98(61)45-81(5,6)106)53-25-17-21-29-57(53)86-73(65)94-77(102)118-37-33-114-49-85(50-115-34-38-119-78(103)95-74-66-70(54-26-18-22-30-58(54)87-74)99(46-82(7,8)107)62(91-66)42-111-14-2,51-116-35-39-120-79(104)96-75-67-71(55-27-19-23-31-59(55)88-75)100(47-83(9,10)108)63(92-67)43-112-15-3)52-117-36-40-121-80(105)97-76-68-72(56-28-20-24-32-60(56)89-76)101(48-84(11,12)109)64(93-68)44-113-16-4/h17-32,106-109H,13-16,33-52H2,1-12H3,(H,86,94,102)(H,87,95,103)(H,88,96,104)(H,89,97,105). The minimum atomic E-state index is -1.32. The summed E-state index contributed by atoms with van der Waals surface area (Å²) in [6.07, 6.45) is -3.55. The van der Waals surface area contributed by atoms with Crippen LogP contribution in [0, 0.1) is 5.41 Å². The number of rotatable bonds is 44. The number of aliphatic hydroxyl groups is 4. The van der Waals surface area contributed by atoms with Gasteiger partial charge >= 0.3 is 24.4 Å². The zero-order chi connectivity index (χ0) is 86.2. The smallest absolute Gasteiger partial charge is 0.412 e. The lowest BCUT2D eigenvalue weighted by molar-refractivity contribution is -0.115. The lowest BCUT2D eigenvalue weighted by Gasteiger charge is -2.33. The Hall–Kier alpha value is -11.0. The topological polar surface area (TPSA) is 431 Å². The number of imidazole rings is 4. The first kappa shape index (κ1) is 89.3. The summed E-state index contributed by atoms with van der Waals surface area (Å²) in [4.78, 5) is 94.4. The molecule has 121 heavy (non-hydrogen) atoms. The Labute approximate surface area is 697 Å². The Bertz CT molecular complexity index is 4940. The minimum Gasteiger partial charge on any atom is -0.447 e. The fraction of sp³-hybridized carbons (Fsp3) is 0.482. The van der Waals surface area contributed by atoms with Gasteiger partial charge in [0.15, 0.2) is 23.3 Å². The minimum absolute atomic E-state index is 0.0981. The first-order chi connectivity index (χ1) is 57.9. The second kappa shape index (κ2) is 39.7. The van der Waals surface area contributed by atoms with E-state index in [-0.39, 0.29) is 155 Å². The van der Waals surface area contributed by atoms with E-state index in [0.717, 1.165) is 21.5 Å². The lowest BCUT2D eigenvalue weighted by Crippen LogP contribution is -2.43. The molecule has 4 amide bonds. The molecule has 36 nitrogen and oxygen atoms in total. The molecule has 4 aromatic carbocycles. The number of carbonyl (C=O) groups is 4. The average Bonchev–Trinajstić information content (AvgIpc) is 1.63. The first-order valence-corrected chi connectivity index (χ1v) is 40.3. The first-order valence-electron chi connectivity index (χ1n) is 40.3. The van der Waals surface area contributed by atoms with Crippen molar-refractivity contribution in [3.05, 3.63) is 120 Å². The van der Waals surface area contributed by atoms with Crippen LogP contribution >= 0.6 is 0 Å². The zero-order valence-corrected chi connectivity index (χ0v) is 70.4. The summed E-state index contributed by atoms with van der Waals surface area (Å²) in [6.45, 7) is 20.6. The Kier molecular flexibility index (Phi) is 29.3. The molecule has 0 saturated heterocycles. The number of amides is 4. The van der Waals surface area contributed by atoms with Crippen molar-refractivity contribution in [1.29, 1.82) is 0 Å². The molecule has 0 fully saturated rings. The molecule has 0 spiro atoms. The Morgan fingerprint density at radius 1 is 0.306 bits per heavy atom. The summed E-state index contributed by atoms with van der Waals surface area (Å²) >= 11 is 0. The van der Waals surface area contributed by atoms with Gasteiger partial charge in [-0.2, -0.15) is 0 Å². The van der Waals surface area contributed by atoms with E-state index in [1.165, 1.54) is 0 Å². The monoisotopic (exact) mass is 1670 g/mol. The highest BCUT2D eigenvalue weighted by Gasteiger charge is 2.35. The number of nitrogens with zero attached hydrogens (tertiary/aromatic N) is 12. The maximum atomic E-state index is 13.9. The molecule has 0 aliphatic heterocycles. The van der Waals surface area contributed by atoms with Crippen LogP contribution in [0.3, 0.4) is 0 Å². The summed E-state index contributed by atoms with van der Waals surface area (Å²) in [5.41, 5.74) is -0.0262. The Balaban J connectivity index is 0.789. The van der Waals surface area contributed by atoms with Gasteiger partial charge in [-0.1, -0.05) is 72.8 Å². The molecule has 12 aromatic rings. The van der Waals surface area contributed by atoms with E-state index >= 15 is 0 Å². The second-order valence-corrected chi connectivity index (χ2v) is 31.7. The molecule has 0 unspecified atom stereocenters. The number of benzene rings is 4. The van der Waals surface area contributed by atoms with Gasteiger partial charge in [-0.25, -0.2) is 59.0 Å². The molecule has 0 bridgehead atoms. The number of carbonyl (C=O) groups excluding carboxylic acids is 4. The highest BCUT2D eigenvalue weighted by Crippen LogP contribution is 2.38. The van der Waals surface area contributed by atoms with Gasteiger partial charge in [-0.3, -0.25) is 21.3 Å². The molecular formula is C85H108N16O20. The van der Waals surface area contributed by atoms with Crippen molar-refractivity contribution in [2.75, 3.05) is 127 Å². The number of hydrogen-bond donors (Lipinski definition) is 8. The van der Waals surface area contributed by atoms with Gasteiger partial charge < -0.3 is 95.5 Å². The van der Waals surface area contributed by atoms with Crippen molar-refractivity contribution in [1.82, 2.24) is 58.1 Å². The van der Waals surface area contributed by atoms with Gasteiger partial charge in [0.25, 0.3) is 0 Å². The van der Waals surface area contributed by atoms with E-state index in [2.05, 4.69) is 21.3 Å². The van der Waals surface area contributed by atoms with Crippen molar-refractivity contribution >= 4 is 135 Å². The maximum Gasteiger partial charge on any atom is 0.412 e. The van der Waals surface area contributed by atoms with Gasteiger partial charge in [0.1, 0.15) is 98.2 Å². The number of nitrogens with one attached hydrogen (secondary N) is 4. The zero-order valence-electron chi connectivity index (χ0n) is 70.4. The molecule has 8 heterocycles. The summed E-state index contributed by atoms with van der Waals surface area (Å²) in [6, 6.07) is 29.4. The van der Waals surface area contributed by atoms with Crippen LogP contribution in [0.5, 0.6) is 0 Å². The molecular weight excluding hydrogens is 1570 g/mol. The quantitative estimate of drug-likeness (QED) is 0.0130. The van der Waals surface area contributed by atoms with Crippen molar-refractivity contribution in [3.63, 3.8) is 0 Å². The molecule has 0 saturated carbocycles. The van der Waals surface area contributed by atoms with Gasteiger partial charge in [-0.15, -0.1) is 0 Å². The van der Waals surface area contributed by atoms with Crippen LogP contribution < -0.4 is 21.3 Å². The Morgan fingerprint density at radius 2 is 0.512 bits per heavy atom. The largest absolute Gasteiger partial charge is 0.447 e. The molecule has 0 aliphatic carbocycles. The third kappa shape index (κ3) is 23.0. The van der Waals surface area contributed by atoms with Gasteiger partial charge in [0.2, 0.25) is 0 Å². The summed E-state index contributed by atoms with van der Waals surface area (Å²) in [5, 5.41) is 58.4. The predicted octanol–water partition coefficient (Wildman–Crippen LogP) is 11.9. The molecule has 12 rings (SSSR count). The van der Waals surface area contributed by atoms with Gasteiger partial charge in [0.05, 0.1) is 151 Å². The van der Waals surface area contributed by atoms with E-state index < -0.39 is 52.2 Å². The van der Waals surface area contributed by atoms with Crippen molar-refractivity contribution in [2.45, 2.75) is 158 Å². The lowest BCUT2D eigenvalue weighted by atomic mass is 9.92. The van der Waals surface area contributed by atoms with Crippen molar-refractivity contribution in [2.24, 2.45) is 5.41 Å². The highest BCUT2D eigenvalue weighted by molar-refractivity contribution is 6.12. The number of pyridine rings is 4. The average molecular weight is 1670 g/mol. The molecule has 0 atom stereocenters. The third-order valence-electron chi connectivity index (χ3n) is 18.9. The molecule has 0 radical (unpaired) electrons. The second-order valence-electron chi connectivity index (χ2n) is 31.7. The van der Waals surface area contributed by atoms with E-state index in [4.69, 9.17) is 96.7 Å². The molecule has 648 valence electrons. The molecule has 36 heteroatoms. The van der Waals surface area contributed by atoms with Crippen LogP contribution in [0.4, 0.5) is 42.4 Å². The molecule has 8 N–H and O–H groups in total. The highest BCUT2D eigenvalue weighted by atomic mass is 16.6. The van der Waals surface area contributed by atoms with Gasteiger partial charge in [-0.05, 0) is 107 Å². The summed E-state index contributed by atoms with van der Waals surface area (Å²) < 4.78 is 79.2. The van der Waals surface area contributed by atoms with Crippen molar-refractivity contribution < 1.29 is 96.4 Å². The SMILES string of the molecule is CCOCc1nc2c(NC(=O)OCCOCC(COCCOC(=O)Nc3nc4ccccc4c4c3nc(COCC)n4CC(C)(C)O)(COCCOC(=O)Nc3nc4ccccc4c4c3nc(COCC)n4CC(C)(C)O)COCCOC(=O)Nc3nc4ccccc4c4c3nc(COCC)n4CC(C)(C)O)nc3ccccc3c2n1CC(C)(C)O. The predicted molar refractivity (Wildman–Crippen MR) is 452 cm³/mol. The van der Waals surface area contributed by atoms with Crippen LogP contribution in [0.1, 0.15) is 106 Å². The van der Waals surface area contributed by atoms with Crippen LogP contribution in [-0.2, 0) is 109 Å². The number of anilines is 4. The normalized spacial score (nSPS) is 12.5. The van der Waals surface area contributed by atoms with E-state index in [9.17, 15) is 39.6 Å². The van der Waals surface area contributed by atoms with Gasteiger partial charge in [0, 0.05) is 48.0 Å². The number of ether oxygens (including phenoxy) is 12. The fourth-order valence-electron chi connectivity index (χ4n) is 14.0. The fourth-order valence-corrected chi connectivity index (χ4v) is 14.0. The number of hydrogen-bond acceptors (Lipinski definition) is 28.